The lowest BCUT2D eigenvalue weighted by atomic mass is 9.81. The maximum Gasteiger partial charge on any atom is 0.311 e. The van der Waals surface area contributed by atoms with E-state index >= 15 is 0 Å². The molecule has 2 saturated heterocycles. The zero-order valence-corrected chi connectivity index (χ0v) is 16.1. The molecular formula is C19H24Cl2N2O3. The smallest absolute Gasteiger partial charge is 0.311 e. The number of carbonyl (C=O) groups is 2. The molecule has 26 heavy (non-hydrogen) atoms. The topological polar surface area (TPSA) is 60.9 Å². The average molecular weight is 399 g/mol. The number of piperidine rings is 1. The molecule has 5 nitrogen and oxygen atoms in total. The number of rotatable bonds is 3. The molecule has 4 rings (SSSR count). The largest absolute Gasteiger partial charge is 0.481 e. The number of para-hydroxylation sites is 1. The number of benzene rings is 1. The summed E-state index contributed by atoms with van der Waals surface area (Å²) in [5, 5.41) is 10.4. The van der Waals surface area contributed by atoms with Crippen LogP contribution in [-0.4, -0.2) is 47.6 Å². The Bertz CT molecular complexity index is 714. The molecule has 3 atom stereocenters. The number of nitrogens with zero attached hydrogens (tertiary/aromatic N) is 2. The molecule has 1 amide bonds. The zero-order valence-electron chi connectivity index (χ0n) is 14.6. The van der Waals surface area contributed by atoms with E-state index in [-0.39, 0.29) is 30.3 Å². The third-order valence-corrected chi connectivity index (χ3v) is 6.64. The van der Waals surface area contributed by atoms with Crippen molar-refractivity contribution in [1.29, 1.82) is 0 Å². The van der Waals surface area contributed by atoms with Crippen molar-refractivity contribution >= 4 is 41.6 Å². The Morgan fingerprint density at radius 3 is 2.69 bits per heavy atom. The molecule has 1 saturated carbocycles. The van der Waals surface area contributed by atoms with Crippen LogP contribution in [0.5, 0.6) is 0 Å². The van der Waals surface area contributed by atoms with E-state index in [0.29, 0.717) is 18.1 Å². The molecule has 3 aliphatic rings. The molecule has 3 fully saturated rings. The molecule has 0 spiro atoms. The second kappa shape index (κ2) is 7.37. The first-order valence-electron chi connectivity index (χ1n) is 9.06. The van der Waals surface area contributed by atoms with Crippen LogP contribution < -0.4 is 4.90 Å². The van der Waals surface area contributed by atoms with Gasteiger partial charge < -0.3 is 10.0 Å². The lowest BCUT2D eigenvalue weighted by Crippen LogP contribution is -2.52. The van der Waals surface area contributed by atoms with Crippen LogP contribution in [0, 0.1) is 11.3 Å². The second-order valence-corrected chi connectivity index (χ2v) is 7.99. The van der Waals surface area contributed by atoms with Crippen molar-refractivity contribution in [2.75, 3.05) is 24.5 Å². The summed E-state index contributed by atoms with van der Waals surface area (Å²) >= 11 is 6.29. The highest BCUT2D eigenvalue weighted by Crippen LogP contribution is 2.50. The maximum atomic E-state index is 13.1. The number of hydrogen-bond acceptors (Lipinski definition) is 3. The normalized spacial score (nSPS) is 31.6. The van der Waals surface area contributed by atoms with E-state index in [1.165, 1.54) is 0 Å². The Morgan fingerprint density at radius 1 is 1.23 bits per heavy atom. The number of hydrogen-bond donors (Lipinski definition) is 1. The number of aliphatic carboxylic acids is 1. The van der Waals surface area contributed by atoms with Gasteiger partial charge in [-0.25, -0.2) is 0 Å². The van der Waals surface area contributed by atoms with E-state index in [0.717, 1.165) is 44.3 Å². The van der Waals surface area contributed by atoms with Crippen molar-refractivity contribution in [3.05, 3.63) is 29.3 Å². The number of carboxylic acids is 1. The number of likely N-dealkylation sites (tertiary alicyclic amines) is 1. The van der Waals surface area contributed by atoms with Crippen molar-refractivity contribution in [1.82, 2.24) is 4.90 Å². The fraction of sp³-hybridized carbons (Fsp3) is 0.579. The van der Waals surface area contributed by atoms with Crippen molar-refractivity contribution < 1.29 is 14.7 Å². The van der Waals surface area contributed by atoms with Crippen molar-refractivity contribution in [3.63, 3.8) is 0 Å². The highest BCUT2D eigenvalue weighted by Gasteiger charge is 2.56. The fourth-order valence-electron chi connectivity index (χ4n) is 5.02. The van der Waals surface area contributed by atoms with E-state index in [9.17, 15) is 14.7 Å². The van der Waals surface area contributed by atoms with E-state index < -0.39 is 11.4 Å². The van der Waals surface area contributed by atoms with E-state index in [1.807, 2.05) is 18.2 Å². The molecule has 1 aliphatic carbocycles. The number of fused-ring (bicyclic) bond motifs is 1. The van der Waals surface area contributed by atoms with E-state index in [2.05, 4.69) is 4.90 Å². The Kier molecular flexibility index (Phi) is 5.52. The van der Waals surface area contributed by atoms with Crippen LogP contribution in [0.3, 0.4) is 0 Å². The maximum absolute atomic E-state index is 13.1. The Hall–Kier alpha value is -1.30. The third kappa shape index (κ3) is 3.00. The van der Waals surface area contributed by atoms with Crippen LogP contribution in [0.4, 0.5) is 5.69 Å². The van der Waals surface area contributed by atoms with Gasteiger partial charge in [-0.1, -0.05) is 30.2 Å². The number of carbonyl (C=O) groups excluding carboxylic acids is 1. The summed E-state index contributed by atoms with van der Waals surface area (Å²) in [6.45, 7) is 1.89. The van der Waals surface area contributed by atoms with Gasteiger partial charge in [0.1, 0.15) is 0 Å². The van der Waals surface area contributed by atoms with Crippen LogP contribution in [0.1, 0.15) is 32.1 Å². The molecule has 2 heterocycles. The average Bonchev–Trinajstić information content (AvgIpc) is 3.14. The highest BCUT2D eigenvalue weighted by molar-refractivity contribution is 6.33. The second-order valence-electron chi connectivity index (χ2n) is 7.58. The van der Waals surface area contributed by atoms with Gasteiger partial charge in [-0.15, -0.1) is 12.4 Å². The standard InChI is InChI=1S/C19H23ClN2O3.ClH/c20-14-6-1-2-7-15(14)22-10-4-8-16(17(22)23)21-11-13-5-3-9-19(13,12-21)18(24)25;/h1-2,6-7,13,16H,3-5,8-12H2,(H,24,25);1H/t13-,16?,19+;/m0./s1. The third-order valence-electron chi connectivity index (χ3n) is 6.32. The van der Waals surface area contributed by atoms with Crippen LogP contribution in [0.25, 0.3) is 0 Å². The molecular weight excluding hydrogens is 375 g/mol. The minimum atomic E-state index is -0.691. The first kappa shape index (κ1) is 19.5. The molecule has 1 N–H and O–H groups in total. The molecule has 7 heteroatoms. The van der Waals surface area contributed by atoms with E-state index in [1.54, 1.807) is 11.0 Å². The van der Waals surface area contributed by atoms with Gasteiger partial charge in [0.05, 0.1) is 22.2 Å². The Balaban J connectivity index is 0.00000196. The summed E-state index contributed by atoms with van der Waals surface area (Å²) in [6, 6.07) is 7.19. The lowest BCUT2D eigenvalue weighted by Gasteiger charge is -2.37. The number of halogens is 2. The predicted molar refractivity (Wildman–Crippen MR) is 103 cm³/mol. The number of amides is 1. The van der Waals surface area contributed by atoms with Gasteiger partial charge in [0.25, 0.3) is 0 Å². The van der Waals surface area contributed by atoms with E-state index in [4.69, 9.17) is 11.6 Å². The van der Waals surface area contributed by atoms with Gasteiger partial charge in [-0.05, 0) is 43.7 Å². The molecule has 1 unspecified atom stereocenters. The van der Waals surface area contributed by atoms with Crippen molar-refractivity contribution in [2.24, 2.45) is 11.3 Å². The summed E-state index contributed by atoms with van der Waals surface area (Å²) in [5.74, 6) is -0.461. The van der Waals surface area contributed by atoms with Crippen LogP contribution in [-0.2, 0) is 9.59 Å². The SMILES string of the molecule is Cl.O=C1C(N2C[C@@H]3CCC[C@@]3(C(=O)O)C2)CCCN1c1ccccc1Cl. The van der Waals surface area contributed by atoms with Crippen LogP contribution in [0.2, 0.25) is 5.02 Å². The van der Waals surface area contributed by atoms with Gasteiger partial charge in [0.15, 0.2) is 0 Å². The first-order valence-corrected chi connectivity index (χ1v) is 9.44. The highest BCUT2D eigenvalue weighted by atomic mass is 35.5. The summed E-state index contributed by atoms with van der Waals surface area (Å²) in [7, 11) is 0. The first-order chi connectivity index (χ1) is 12.0. The Morgan fingerprint density at radius 2 is 2.00 bits per heavy atom. The quantitative estimate of drug-likeness (QED) is 0.846. The zero-order chi connectivity index (χ0) is 17.6. The van der Waals surface area contributed by atoms with Gasteiger partial charge in [0, 0.05) is 19.6 Å². The minimum Gasteiger partial charge on any atom is -0.481 e. The summed E-state index contributed by atoms with van der Waals surface area (Å²) in [6.07, 6.45) is 4.37. The van der Waals surface area contributed by atoms with Crippen LogP contribution >= 0.6 is 24.0 Å². The number of anilines is 1. The molecule has 2 aliphatic heterocycles. The molecule has 0 radical (unpaired) electrons. The summed E-state index contributed by atoms with van der Waals surface area (Å²) < 4.78 is 0. The molecule has 142 valence electrons. The molecule has 0 bridgehead atoms. The van der Waals surface area contributed by atoms with Gasteiger partial charge >= 0.3 is 5.97 Å². The summed E-state index contributed by atoms with van der Waals surface area (Å²) in [5.41, 5.74) is 0.110. The van der Waals surface area contributed by atoms with Crippen molar-refractivity contribution in [2.45, 2.75) is 38.1 Å². The van der Waals surface area contributed by atoms with Gasteiger partial charge in [-0.3, -0.25) is 14.5 Å². The van der Waals surface area contributed by atoms with Crippen molar-refractivity contribution in [3.8, 4) is 0 Å². The fourth-order valence-corrected chi connectivity index (χ4v) is 5.26. The number of carboxylic acid groups (broad SMARTS) is 1. The lowest BCUT2D eigenvalue weighted by molar-refractivity contribution is -0.149. The Labute approximate surface area is 164 Å². The van der Waals surface area contributed by atoms with Gasteiger partial charge in [0.2, 0.25) is 5.91 Å². The molecule has 1 aromatic carbocycles. The summed E-state index contributed by atoms with van der Waals surface area (Å²) in [4.78, 5) is 28.9. The van der Waals surface area contributed by atoms with Crippen LogP contribution in [0.15, 0.2) is 24.3 Å². The minimum absolute atomic E-state index is 0. The molecule has 1 aromatic rings. The predicted octanol–water partition coefficient (Wildman–Crippen LogP) is 3.44. The molecule has 0 aromatic heterocycles. The van der Waals surface area contributed by atoms with Gasteiger partial charge in [-0.2, -0.15) is 0 Å². The monoisotopic (exact) mass is 398 g/mol.